The molecule has 0 radical (unpaired) electrons. The summed E-state index contributed by atoms with van der Waals surface area (Å²) in [7, 11) is 1.48. The highest BCUT2D eigenvalue weighted by molar-refractivity contribution is 7.22. The van der Waals surface area contributed by atoms with Crippen LogP contribution in [0.15, 0.2) is 72.3 Å². The molecule has 0 bridgehead atoms. The lowest BCUT2D eigenvalue weighted by molar-refractivity contribution is -0.384. The molecule has 1 aromatic heterocycles. The molecule has 1 saturated heterocycles. The van der Waals surface area contributed by atoms with E-state index in [0.29, 0.717) is 16.0 Å². The van der Waals surface area contributed by atoms with Crippen LogP contribution in [0.2, 0.25) is 0 Å². The van der Waals surface area contributed by atoms with E-state index in [1.54, 1.807) is 12.1 Å². The molecule has 1 aliphatic heterocycles. The molecule has 0 aliphatic carbocycles. The molecule has 3 aromatic carbocycles. The van der Waals surface area contributed by atoms with Crippen molar-refractivity contribution < 1.29 is 28.7 Å². The van der Waals surface area contributed by atoms with Crippen LogP contribution >= 0.6 is 11.3 Å². The van der Waals surface area contributed by atoms with Gasteiger partial charge in [0.25, 0.3) is 11.5 Å². The van der Waals surface area contributed by atoms with Crippen LogP contribution < -0.4 is 9.64 Å². The van der Waals surface area contributed by atoms with Gasteiger partial charge < -0.3 is 9.84 Å². The van der Waals surface area contributed by atoms with Gasteiger partial charge in [-0.2, -0.15) is 0 Å². The highest BCUT2D eigenvalue weighted by atomic mass is 32.1. The van der Waals surface area contributed by atoms with Crippen molar-refractivity contribution in [1.29, 1.82) is 0 Å². The molecule has 1 N–H and O–H groups in total. The van der Waals surface area contributed by atoms with Crippen LogP contribution in [0.3, 0.4) is 0 Å². The first-order valence-electron chi connectivity index (χ1n) is 10.5. The zero-order valence-electron chi connectivity index (χ0n) is 18.5. The van der Waals surface area contributed by atoms with Gasteiger partial charge in [-0.05, 0) is 48.0 Å². The number of methoxy groups -OCH3 is 1. The number of amides is 1. The van der Waals surface area contributed by atoms with Gasteiger partial charge in [0.05, 0.1) is 33.9 Å². The van der Waals surface area contributed by atoms with Gasteiger partial charge in [-0.25, -0.2) is 9.37 Å². The van der Waals surface area contributed by atoms with Crippen molar-refractivity contribution in [3.63, 3.8) is 0 Å². The number of thiazole rings is 1. The van der Waals surface area contributed by atoms with Gasteiger partial charge in [0, 0.05) is 17.7 Å². The van der Waals surface area contributed by atoms with Crippen LogP contribution in [0.4, 0.5) is 15.2 Å². The van der Waals surface area contributed by atoms with E-state index in [0.717, 1.165) is 16.2 Å². The number of hydrogen-bond acceptors (Lipinski definition) is 8. The SMILES string of the molecule is COc1ccc(/C(O)=C2\C(=O)C(=O)N(c3nc4ccc(F)cc4s3)[C@H]2c2cccc([N+](=O)[O-])c2)cc1. The fourth-order valence-electron chi connectivity index (χ4n) is 4.05. The number of aromatic nitrogens is 1. The Morgan fingerprint density at radius 1 is 1.14 bits per heavy atom. The first-order valence-corrected chi connectivity index (χ1v) is 11.4. The summed E-state index contributed by atoms with van der Waals surface area (Å²) in [6.45, 7) is 0. The lowest BCUT2D eigenvalue weighted by atomic mass is 9.95. The van der Waals surface area contributed by atoms with Crippen LogP contribution in [-0.4, -0.2) is 33.8 Å². The van der Waals surface area contributed by atoms with E-state index in [9.17, 15) is 29.2 Å². The first-order chi connectivity index (χ1) is 17.3. The second-order valence-electron chi connectivity index (χ2n) is 7.86. The molecule has 4 aromatic rings. The highest BCUT2D eigenvalue weighted by Gasteiger charge is 2.48. The number of ether oxygens (including phenoxy) is 1. The molecule has 1 atom stereocenters. The number of carbonyl (C=O) groups excluding carboxylic acids is 2. The first kappa shape index (κ1) is 23.1. The minimum absolute atomic E-state index is 0.0861. The molecular weight excluding hydrogens is 489 g/mol. The number of carbonyl (C=O) groups is 2. The molecule has 0 spiro atoms. The number of hydrogen-bond donors (Lipinski definition) is 1. The Bertz CT molecular complexity index is 1580. The van der Waals surface area contributed by atoms with Crippen LogP contribution in [-0.2, 0) is 9.59 Å². The van der Waals surface area contributed by atoms with Crippen molar-refractivity contribution in [1.82, 2.24) is 4.98 Å². The number of aliphatic hydroxyl groups excluding tert-OH is 1. The third-order valence-electron chi connectivity index (χ3n) is 5.75. The number of nitrogens with zero attached hydrogens (tertiary/aromatic N) is 3. The topological polar surface area (TPSA) is 123 Å². The molecule has 9 nitrogen and oxygen atoms in total. The van der Waals surface area contributed by atoms with Gasteiger partial charge in [-0.15, -0.1) is 0 Å². The fourth-order valence-corrected chi connectivity index (χ4v) is 5.06. The van der Waals surface area contributed by atoms with Gasteiger partial charge in [0.1, 0.15) is 17.3 Å². The molecule has 0 saturated carbocycles. The summed E-state index contributed by atoms with van der Waals surface area (Å²) in [6, 6.07) is 14.4. The summed E-state index contributed by atoms with van der Waals surface area (Å²) < 4.78 is 19.3. The van der Waals surface area contributed by atoms with Crippen molar-refractivity contribution in [3.8, 4) is 5.75 Å². The molecule has 1 fully saturated rings. The minimum Gasteiger partial charge on any atom is -0.507 e. The highest BCUT2D eigenvalue weighted by Crippen LogP contribution is 2.45. The Kier molecular flexibility index (Phi) is 5.69. The molecule has 1 aliphatic rings. The fraction of sp³-hybridized carbons (Fsp3) is 0.0800. The van der Waals surface area contributed by atoms with Crippen LogP contribution in [0.1, 0.15) is 17.2 Å². The van der Waals surface area contributed by atoms with E-state index in [1.807, 2.05) is 0 Å². The molecule has 180 valence electrons. The zero-order valence-corrected chi connectivity index (χ0v) is 19.4. The molecule has 5 rings (SSSR count). The number of aliphatic hydroxyl groups is 1. The lowest BCUT2D eigenvalue weighted by Crippen LogP contribution is -2.29. The number of ketones is 1. The second-order valence-corrected chi connectivity index (χ2v) is 8.87. The number of anilines is 1. The van der Waals surface area contributed by atoms with E-state index in [2.05, 4.69) is 4.98 Å². The molecule has 36 heavy (non-hydrogen) atoms. The van der Waals surface area contributed by atoms with E-state index in [1.165, 1.54) is 61.7 Å². The number of rotatable bonds is 5. The van der Waals surface area contributed by atoms with Crippen LogP contribution in [0.25, 0.3) is 16.0 Å². The van der Waals surface area contributed by atoms with Crippen LogP contribution in [0, 0.1) is 15.9 Å². The summed E-state index contributed by atoms with van der Waals surface area (Å²) in [5, 5.41) is 22.7. The summed E-state index contributed by atoms with van der Waals surface area (Å²) in [4.78, 5) is 42.8. The van der Waals surface area contributed by atoms with Crippen molar-refractivity contribution in [3.05, 3.63) is 99.4 Å². The molecule has 11 heteroatoms. The summed E-state index contributed by atoms with van der Waals surface area (Å²) in [5.41, 5.74) is 0.371. The average Bonchev–Trinajstić information content (AvgIpc) is 3.41. The van der Waals surface area contributed by atoms with Gasteiger partial charge in [-0.3, -0.25) is 24.6 Å². The molecular formula is C25H16FN3O6S. The number of benzene rings is 3. The Morgan fingerprint density at radius 2 is 1.89 bits per heavy atom. The second kappa shape index (κ2) is 8.86. The Hall–Kier alpha value is -4.64. The van der Waals surface area contributed by atoms with E-state index in [4.69, 9.17) is 4.74 Å². The van der Waals surface area contributed by atoms with Crippen LogP contribution in [0.5, 0.6) is 5.75 Å². The van der Waals surface area contributed by atoms with Gasteiger partial charge in [-0.1, -0.05) is 23.5 Å². The third kappa shape index (κ3) is 3.85. The standard InChI is InChI=1S/C25H16FN3O6S/c1-35-17-8-5-13(6-9-17)22(30)20-21(14-3-2-4-16(11-14)29(33)34)28(24(32)23(20)31)25-27-18-10-7-15(26)12-19(18)36-25/h2-12,21,30H,1H3/b22-20+/t21-/m0/s1. The van der Waals surface area contributed by atoms with Gasteiger partial charge >= 0.3 is 5.91 Å². The Morgan fingerprint density at radius 3 is 2.58 bits per heavy atom. The number of nitro groups is 1. The van der Waals surface area contributed by atoms with Crippen molar-refractivity contribution >= 4 is 49.8 Å². The van der Waals surface area contributed by atoms with Crippen molar-refractivity contribution in [2.75, 3.05) is 12.0 Å². The smallest absolute Gasteiger partial charge is 0.301 e. The number of halogens is 1. The third-order valence-corrected chi connectivity index (χ3v) is 6.77. The van der Waals surface area contributed by atoms with Crippen molar-refractivity contribution in [2.45, 2.75) is 6.04 Å². The number of non-ortho nitro benzene ring substituents is 1. The largest absolute Gasteiger partial charge is 0.507 e. The number of nitro benzene ring substituents is 1. The van der Waals surface area contributed by atoms with Gasteiger partial charge in [0.2, 0.25) is 0 Å². The normalized spacial score (nSPS) is 17.1. The summed E-state index contributed by atoms with van der Waals surface area (Å²) >= 11 is 0.985. The maximum Gasteiger partial charge on any atom is 0.301 e. The maximum atomic E-state index is 13.8. The monoisotopic (exact) mass is 505 g/mol. The van der Waals surface area contributed by atoms with E-state index < -0.39 is 34.2 Å². The number of Topliss-reactive ketones (excluding diaryl/α,β-unsaturated/α-hetero) is 1. The molecule has 2 heterocycles. The molecule has 0 unspecified atom stereocenters. The number of fused-ring (bicyclic) bond motifs is 1. The quantitative estimate of drug-likeness (QED) is 0.133. The average molecular weight is 505 g/mol. The molecule has 1 amide bonds. The minimum atomic E-state index is -1.21. The predicted octanol–water partition coefficient (Wildman–Crippen LogP) is 4.98. The maximum absolute atomic E-state index is 13.8. The zero-order chi connectivity index (χ0) is 25.6. The Balaban J connectivity index is 1.73. The lowest BCUT2D eigenvalue weighted by Gasteiger charge is -2.22. The van der Waals surface area contributed by atoms with E-state index in [-0.39, 0.29) is 27.5 Å². The Labute approximate surface area is 206 Å². The summed E-state index contributed by atoms with van der Waals surface area (Å²) in [6.07, 6.45) is 0. The van der Waals surface area contributed by atoms with Crippen molar-refractivity contribution in [2.24, 2.45) is 0 Å². The van der Waals surface area contributed by atoms with Gasteiger partial charge in [0.15, 0.2) is 5.13 Å². The van der Waals surface area contributed by atoms with E-state index >= 15 is 0 Å². The predicted molar refractivity (Wildman–Crippen MR) is 130 cm³/mol. The summed E-state index contributed by atoms with van der Waals surface area (Å²) in [5.74, 6) is -2.38.